The number of aromatic nitrogens is 1. The van der Waals surface area contributed by atoms with Gasteiger partial charge in [-0.15, -0.1) is 0 Å². The van der Waals surface area contributed by atoms with E-state index in [4.69, 9.17) is 11.6 Å². The molecule has 0 radical (unpaired) electrons. The number of nitrogens with one attached hydrogen (secondary N) is 1. The van der Waals surface area contributed by atoms with Crippen molar-refractivity contribution < 1.29 is 4.79 Å². The van der Waals surface area contributed by atoms with Crippen molar-refractivity contribution in [3.63, 3.8) is 0 Å². The SMILES string of the molecule is Cc1ccc2nc(NC(=O)c3cc(I)ccc3Cl)sc2c1. The summed E-state index contributed by atoms with van der Waals surface area (Å²) in [6, 6.07) is 11.4. The van der Waals surface area contributed by atoms with Crippen LogP contribution in [0.15, 0.2) is 36.4 Å². The van der Waals surface area contributed by atoms with Gasteiger partial charge in [-0.2, -0.15) is 0 Å². The Labute approximate surface area is 144 Å². The number of carbonyl (C=O) groups excluding carboxylic acids is 1. The number of benzene rings is 2. The lowest BCUT2D eigenvalue weighted by atomic mass is 10.2. The molecule has 0 aliphatic heterocycles. The van der Waals surface area contributed by atoms with Crippen LogP contribution in [0.2, 0.25) is 5.02 Å². The van der Waals surface area contributed by atoms with Gasteiger partial charge in [0.15, 0.2) is 5.13 Å². The highest BCUT2D eigenvalue weighted by molar-refractivity contribution is 14.1. The first-order valence-corrected chi connectivity index (χ1v) is 8.44. The second-order valence-corrected chi connectivity index (χ2v) is 7.25. The lowest BCUT2D eigenvalue weighted by molar-refractivity contribution is 0.102. The van der Waals surface area contributed by atoms with E-state index in [0.717, 1.165) is 13.8 Å². The number of aryl methyl sites for hydroxylation is 1. The van der Waals surface area contributed by atoms with E-state index >= 15 is 0 Å². The number of carbonyl (C=O) groups is 1. The number of fused-ring (bicyclic) bond motifs is 1. The normalized spacial score (nSPS) is 10.8. The van der Waals surface area contributed by atoms with Crippen LogP contribution in [0, 0.1) is 10.5 Å². The van der Waals surface area contributed by atoms with Gasteiger partial charge in [-0.3, -0.25) is 10.1 Å². The van der Waals surface area contributed by atoms with Gasteiger partial charge in [-0.25, -0.2) is 4.98 Å². The summed E-state index contributed by atoms with van der Waals surface area (Å²) in [5, 5.41) is 3.83. The Kier molecular flexibility index (Phi) is 4.14. The van der Waals surface area contributed by atoms with E-state index in [9.17, 15) is 4.79 Å². The Hall–Kier alpha value is -1.18. The van der Waals surface area contributed by atoms with Gasteiger partial charge in [0.2, 0.25) is 0 Å². The van der Waals surface area contributed by atoms with E-state index in [1.54, 1.807) is 12.1 Å². The van der Waals surface area contributed by atoms with Crippen molar-refractivity contribution in [1.82, 2.24) is 4.98 Å². The minimum atomic E-state index is -0.241. The zero-order valence-corrected chi connectivity index (χ0v) is 14.7. The first kappa shape index (κ1) is 14.7. The molecule has 2 aromatic carbocycles. The van der Waals surface area contributed by atoms with Crippen LogP contribution in [0.25, 0.3) is 10.2 Å². The Morgan fingerprint density at radius 2 is 2.10 bits per heavy atom. The predicted molar refractivity (Wildman–Crippen MR) is 96.5 cm³/mol. The Morgan fingerprint density at radius 3 is 2.90 bits per heavy atom. The van der Waals surface area contributed by atoms with Crippen molar-refractivity contribution in [2.45, 2.75) is 6.92 Å². The van der Waals surface area contributed by atoms with Crippen LogP contribution >= 0.6 is 45.5 Å². The van der Waals surface area contributed by atoms with Gasteiger partial charge in [0.1, 0.15) is 0 Å². The standard InChI is InChI=1S/C15H10ClIN2OS/c1-8-2-5-12-13(6-8)21-15(18-12)19-14(20)10-7-9(17)3-4-11(10)16/h2-7H,1H3,(H,18,19,20). The molecule has 3 nitrogen and oxygen atoms in total. The van der Waals surface area contributed by atoms with E-state index in [0.29, 0.717) is 15.7 Å². The number of rotatable bonds is 2. The molecule has 0 spiro atoms. The highest BCUT2D eigenvalue weighted by Gasteiger charge is 2.13. The number of hydrogen-bond donors (Lipinski definition) is 1. The third-order valence-electron chi connectivity index (χ3n) is 2.94. The molecule has 21 heavy (non-hydrogen) atoms. The number of nitrogens with zero attached hydrogens (tertiary/aromatic N) is 1. The Balaban J connectivity index is 1.90. The first-order valence-electron chi connectivity index (χ1n) is 6.16. The minimum Gasteiger partial charge on any atom is -0.298 e. The zero-order chi connectivity index (χ0) is 15.0. The first-order chi connectivity index (χ1) is 10.0. The second kappa shape index (κ2) is 5.90. The van der Waals surface area contributed by atoms with Crippen LogP contribution in [-0.2, 0) is 0 Å². The molecule has 1 aromatic heterocycles. The molecule has 0 fully saturated rings. The van der Waals surface area contributed by atoms with Crippen LogP contribution < -0.4 is 5.32 Å². The van der Waals surface area contributed by atoms with E-state index in [1.165, 1.54) is 16.9 Å². The van der Waals surface area contributed by atoms with Gasteiger partial charge in [-0.1, -0.05) is 29.0 Å². The molecule has 0 aliphatic rings. The number of thiazole rings is 1. The molecule has 0 atom stereocenters. The molecular formula is C15H10ClIN2OS. The minimum absolute atomic E-state index is 0.241. The monoisotopic (exact) mass is 428 g/mol. The van der Waals surface area contributed by atoms with Crippen LogP contribution in [0.1, 0.15) is 15.9 Å². The smallest absolute Gasteiger partial charge is 0.258 e. The third-order valence-corrected chi connectivity index (χ3v) is 4.87. The average molecular weight is 429 g/mol. The highest BCUT2D eigenvalue weighted by Crippen LogP contribution is 2.28. The summed E-state index contributed by atoms with van der Waals surface area (Å²) in [6.07, 6.45) is 0. The molecule has 1 amide bonds. The summed E-state index contributed by atoms with van der Waals surface area (Å²) in [5.41, 5.74) is 2.51. The number of amides is 1. The van der Waals surface area contributed by atoms with Crippen LogP contribution in [0.3, 0.4) is 0 Å². The fraction of sp³-hybridized carbons (Fsp3) is 0.0667. The van der Waals surface area contributed by atoms with Crippen molar-refractivity contribution in [3.05, 3.63) is 56.1 Å². The largest absolute Gasteiger partial charge is 0.298 e. The van der Waals surface area contributed by atoms with E-state index in [-0.39, 0.29) is 5.91 Å². The van der Waals surface area contributed by atoms with Crippen LogP contribution in [0.4, 0.5) is 5.13 Å². The molecule has 1 heterocycles. The van der Waals surface area contributed by atoms with Crippen LogP contribution in [0.5, 0.6) is 0 Å². The summed E-state index contributed by atoms with van der Waals surface area (Å²) >= 11 is 9.68. The van der Waals surface area contributed by atoms with Crippen molar-refractivity contribution >= 4 is 66.8 Å². The third kappa shape index (κ3) is 3.20. The lowest BCUT2D eigenvalue weighted by Gasteiger charge is -2.04. The summed E-state index contributed by atoms with van der Waals surface area (Å²) < 4.78 is 2.01. The van der Waals surface area contributed by atoms with Gasteiger partial charge in [0.25, 0.3) is 5.91 Å². The van der Waals surface area contributed by atoms with Crippen molar-refractivity contribution in [2.24, 2.45) is 0 Å². The molecule has 0 unspecified atom stereocenters. The number of halogens is 2. The lowest BCUT2D eigenvalue weighted by Crippen LogP contribution is -2.12. The molecule has 0 saturated carbocycles. The number of anilines is 1. The fourth-order valence-electron chi connectivity index (χ4n) is 1.92. The predicted octanol–water partition coefficient (Wildman–Crippen LogP) is 5.12. The maximum atomic E-state index is 12.3. The summed E-state index contributed by atoms with van der Waals surface area (Å²) in [5.74, 6) is -0.241. The topological polar surface area (TPSA) is 42.0 Å². The molecule has 0 aliphatic carbocycles. The summed E-state index contributed by atoms with van der Waals surface area (Å²) in [6.45, 7) is 2.03. The zero-order valence-electron chi connectivity index (χ0n) is 11.0. The molecular weight excluding hydrogens is 419 g/mol. The Bertz CT molecular complexity index is 847. The van der Waals surface area contributed by atoms with E-state index in [1.807, 2.05) is 25.1 Å². The van der Waals surface area contributed by atoms with Gasteiger partial charge in [-0.05, 0) is 65.4 Å². The second-order valence-electron chi connectivity index (χ2n) is 4.57. The van der Waals surface area contributed by atoms with Gasteiger partial charge >= 0.3 is 0 Å². The van der Waals surface area contributed by atoms with Gasteiger partial charge in [0.05, 0.1) is 20.8 Å². The summed E-state index contributed by atoms with van der Waals surface area (Å²) in [7, 11) is 0. The Morgan fingerprint density at radius 1 is 1.29 bits per heavy atom. The molecule has 3 aromatic rings. The van der Waals surface area contributed by atoms with E-state index in [2.05, 4.69) is 39.0 Å². The number of hydrogen-bond acceptors (Lipinski definition) is 3. The van der Waals surface area contributed by atoms with Gasteiger partial charge in [0, 0.05) is 3.57 Å². The average Bonchev–Trinajstić information content (AvgIpc) is 2.82. The maximum Gasteiger partial charge on any atom is 0.258 e. The summed E-state index contributed by atoms with van der Waals surface area (Å²) in [4.78, 5) is 16.7. The quantitative estimate of drug-likeness (QED) is 0.576. The molecule has 6 heteroatoms. The molecule has 0 saturated heterocycles. The van der Waals surface area contributed by atoms with E-state index < -0.39 is 0 Å². The van der Waals surface area contributed by atoms with Crippen molar-refractivity contribution in [1.29, 1.82) is 0 Å². The molecule has 106 valence electrons. The van der Waals surface area contributed by atoms with Crippen molar-refractivity contribution in [2.75, 3.05) is 5.32 Å². The maximum absolute atomic E-state index is 12.3. The molecule has 3 rings (SSSR count). The highest BCUT2D eigenvalue weighted by atomic mass is 127. The van der Waals surface area contributed by atoms with Gasteiger partial charge < -0.3 is 0 Å². The van der Waals surface area contributed by atoms with Crippen LogP contribution in [-0.4, -0.2) is 10.9 Å². The fourth-order valence-corrected chi connectivity index (χ4v) is 3.57. The molecule has 1 N–H and O–H groups in total. The van der Waals surface area contributed by atoms with Crippen molar-refractivity contribution in [3.8, 4) is 0 Å². The molecule has 0 bridgehead atoms.